The predicted octanol–water partition coefficient (Wildman–Crippen LogP) is 3.65. The standard InChI is InChI=1S/C17H20ClN3/c1-19-12-13-7-8-14(11-15(13)18)21-10-9-20(2)16-5-3-4-6-17(16)21/h3-8,11,19H,9-10,12H2,1-2H3. The van der Waals surface area contributed by atoms with Crippen LogP contribution < -0.4 is 15.1 Å². The average molecular weight is 302 g/mol. The first kappa shape index (κ1) is 14.2. The molecule has 0 bridgehead atoms. The molecule has 4 heteroatoms. The normalized spacial score (nSPS) is 14.2. The number of anilines is 3. The minimum absolute atomic E-state index is 0.790. The molecule has 1 aliphatic rings. The van der Waals surface area contributed by atoms with Crippen molar-refractivity contribution in [3.05, 3.63) is 53.1 Å². The van der Waals surface area contributed by atoms with Crippen LogP contribution in [0.3, 0.4) is 0 Å². The van der Waals surface area contributed by atoms with E-state index in [1.54, 1.807) is 0 Å². The molecule has 0 spiro atoms. The number of rotatable bonds is 3. The van der Waals surface area contributed by atoms with Gasteiger partial charge in [0.2, 0.25) is 0 Å². The van der Waals surface area contributed by atoms with Crippen LogP contribution in [0.2, 0.25) is 5.02 Å². The fourth-order valence-electron chi connectivity index (χ4n) is 2.81. The molecule has 1 N–H and O–H groups in total. The third kappa shape index (κ3) is 2.71. The summed E-state index contributed by atoms with van der Waals surface area (Å²) in [5.41, 5.74) is 4.79. The monoisotopic (exact) mass is 301 g/mol. The summed E-state index contributed by atoms with van der Waals surface area (Å²) in [6.07, 6.45) is 0. The zero-order valence-electron chi connectivity index (χ0n) is 12.4. The second-order valence-electron chi connectivity index (χ2n) is 5.37. The van der Waals surface area contributed by atoms with Crippen molar-refractivity contribution in [1.29, 1.82) is 0 Å². The molecule has 0 unspecified atom stereocenters. The first-order valence-electron chi connectivity index (χ1n) is 7.21. The smallest absolute Gasteiger partial charge is 0.0649 e. The number of nitrogens with one attached hydrogen (secondary N) is 1. The quantitative estimate of drug-likeness (QED) is 0.933. The number of halogens is 1. The topological polar surface area (TPSA) is 18.5 Å². The van der Waals surface area contributed by atoms with E-state index in [1.807, 2.05) is 7.05 Å². The molecule has 0 amide bonds. The Morgan fingerprint density at radius 3 is 2.57 bits per heavy atom. The summed E-state index contributed by atoms with van der Waals surface area (Å²) in [6, 6.07) is 14.8. The van der Waals surface area contributed by atoms with Gasteiger partial charge >= 0.3 is 0 Å². The fraction of sp³-hybridized carbons (Fsp3) is 0.294. The van der Waals surface area contributed by atoms with Gasteiger partial charge in [0, 0.05) is 37.4 Å². The van der Waals surface area contributed by atoms with Crippen LogP contribution in [0.25, 0.3) is 0 Å². The molecule has 0 aromatic heterocycles. The van der Waals surface area contributed by atoms with Crippen LogP contribution in [0.4, 0.5) is 17.1 Å². The van der Waals surface area contributed by atoms with Crippen molar-refractivity contribution < 1.29 is 0 Å². The highest BCUT2D eigenvalue weighted by molar-refractivity contribution is 6.31. The van der Waals surface area contributed by atoms with Gasteiger partial charge in [-0.15, -0.1) is 0 Å². The van der Waals surface area contributed by atoms with E-state index in [-0.39, 0.29) is 0 Å². The molecule has 1 aliphatic heterocycles. The zero-order chi connectivity index (χ0) is 14.8. The molecule has 21 heavy (non-hydrogen) atoms. The maximum Gasteiger partial charge on any atom is 0.0649 e. The maximum atomic E-state index is 6.41. The van der Waals surface area contributed by atoms with E-state index >= 15 is 0 Å². The highest BCUT2D eigenvalue weighted by Gasteiger charge is 2.21. The van der Waals surface area contributed by atoms with Crippen molar-refractivity contribution in [2.24, 2.45) is 0 Å². The molecule has 2 aromatic rings. The van der Waals surface area contributed by atoms with Gasteiger partial charge in [0.1, 0.15) is 0 Å². The van der Waals surface area contributed by atoms with E-state index in [9.17, 15) is 0 Å². The highest BCUT2D eigenvalue weighted by atomic mass is 35.5. The molecule has 2 aromatic carbocycles. The van der Waals surface area contributed by atoms with Crippen LogP contribution in [-0.4, -0.2) is 27.2 Å². The zero-order valence-corrected chi connectivity index (χ0v) is 13.2. The SMILES string of the molecule is CNCc1ccc(N2CCN(C)c3ccccc32)cc1Cl. The van der Waals surface area contributed by atoms with Crippen LogP contribution in [0.15, 0.2) is 42.5 Å². The molecule has 0 fully saturated rings. The van der Waals surface area contributed by atoms with Crippen LogP contribution >= 0.6 is 11.6 Å². The van der Waals surface area contributed by atoms with Gasteiger partial charge in [0.15, 0.2) is 0 Å². The highest BCUT2D eigenvalue weighted by Crippen LogP contribution is 2.37. The lowest BCUT2D eigenvalue weighted by Gasteiger charge is -2.37. The Balaban J connectivity index is 1.98. The number of hydrogen-bond donors (Lipinski definition) is 1. The summed E-state index contributed by atoms with van der Waals surface area (Å²) in [5, 5.41) is 3.96. The second kappa shape index (κ2) is 5.96. The minimum Gasteiger partial charge on any atom is -0.371 e. The summed E-state index contributed by atoms with van der Waals surface area (Å²) in [7, 11) is 4.07. The second-order valence-corrected chi connectivity index (χ2v) is 5.78. The van der Waals surface area contributed by atoms with Crippen molar-refractivity contribution in [2.45, 2.75) is 6.54 Å². The van der Waals surface area contributed by atoms with E-state index in [4.69, 9.17) is 11.6 Å². The molecule has 3 nitrogen and oxygen atoms in total. The molecule has 0 atom stereocenters. The van der Waals surface area contributed by atoms with E-state index in [0.717, 1.165) is 35.9 Å². The first-order valence-corrected chi connectivity index (χ1v) is 7.59. The number of nitrogens with zero attached hydrogens (tertiary/aromatic N) is 2. The Labute approximate surface area is 131 Å². The minimum atomic E-state index is 0.790. The number of hydrogen-bond acceptors (Lipinski definition) is 3. The molecule has 3 rings (SSSR count). The molecule has 1 heterocycles. The van der Waals surface area contributed by atoms with Crippen LogP contribution in [-0.2, 0) is 6.54 Å². The van der Waals surface area contributed by atoms with E-state index in [0.29, 0.717) is 0 Å². The van der Waals surface area contributed by atoms with E-state index in [2.05, 4.69) is 64.6 Å². The Morgan fingerprint density at radius 2 is 1.86 bits per heavy atom. The van der Waals surface area contributed by atoms with Crippen molar-refractivity contribution >= 4 is 28.7 Å². The van der Waals surface area contributed by atoms with E-state index in [1.165, 1.54) is 11.4 Å². The Bertz CT molecular complexity index is 642. The predicted molar refractivity (Wildman–Crippen MR) is 90.9 cm³/mol. The van der Waals surface area contributed by atoms with Gasteiger partial charge in [-0.05, 0) is 36.9 Å². The summed E-state index contributed by atoms with van der Waals surface area (Å²) < 4.78 is 0. The summed E-state index contributed by atoms with van der Waals surface area (Å²) in [5.74, 6) is 0. The van der Waals surface area contributed by atoms with Gasteiger partial charge in [-0.2, -0.15) is 0 Å². The molecular formula is C17H20ClN3. The van der Waals surface area contributed by atoms with Gasteiger partial charge in [-0.1, -0.05) is 29.8 Å². The lowest BCUT2D eigenvalue weighted by Crippen LogP contribution is -2.36. The van der Waals surface area contributed by atoms with Crippen molar-refractivity contribution in [1.82, 2.24) is 5.32 Å². The Morgan fingerprint density at radius 1 is 1.10 bits per heavy atom. The Kier molecular flexibility index (Phi) is 4.04. The molecule has 110 valence electrons. The molecule has 0 aliphatic carbocycles. The van der Waals surface area contributed by atoms with Crippen molar-refractivity contribution in [3.63, 3.8) is 0 Å². The molecule has 0 saturated heterocycles. The third-order valence-electron chi connectivity index (χ3n) is 3.96. The van der Waals surface area contributed by atoms with Crippen LogP contribution in [0, 0.1) is 0 Å². The Hall–Kier alpha value is -1.71. The molecule has 0 radical (unpaired) electrons. The number of fused-ring (bicyclic) bond motifs is 1. The van der Waals surface area contributed by atoms with Gasteiger partial charge in [-0.25, -0.2) is 0 Å². The average Bonchev–Trinajstić information content (AvgIpc) is 2.50. The van der Waals surface area contributed by atoms with Crippen molar-refractivity contribution in [2.75, 3.05) is 37.0 Å². The number of para-hydroxylation sites is 2. The lowest BCUT2D eigenvalue weighted by atomic mass is 10.1. The summed E-state index contributed by atoms with van der Waals surface area (Å²) in [4.78, 5) is 4.63. The molecular weight excluding hydrogens is 282 g/mol. The van der Waals surface area contributed by atoms with Gasteiger partial charge in [0.05, 0.1) is 11.4 Å². The number of benzene rings is 2. The largest absolute Gasteiger partial charge is 0.371 e. The van der Waals surface area contributed by atoms with E-state index < -0.39 is 0 Å². The fourth-order valence-corrected chi connectivity index (χ4v) is 3.05. The van der Waals surface area contributed by atoms with Gasteiger partial charge in [-0.3, -0.25) is 0 Å². The summed E-state index contributed by atoms with van der Waals surface area (Å²) in [6.45, 7) is 2.76. The molecule has 0 saturated carbocycles. The maximum absolute atomic E-state index is 6.41. The lowest BCUT2D eigenvalue weighted by molar-refractivity contribution is 0.812. The first-order chi connectivity index (χ1) is 10.2. The van der Waals surface area contributed by atoms with Crippen LogP contribution in [0.1, 0.15) is 5.56 Å². The van der Waals surface area contributed by atoms with Gasteiger partial charge < -0.3 is 15.1 Å². The van der Waals surface area contributed by atoms with Crippen LogP contribution in [0.5, 0.6) is 0 Å². The third-order valence-corrected chi connectivity index (χ3v) is 4.31. The summed E-state index contributed by atoms with van der Waals surface area (Å²) >= 11 is 6.41. The number of likely N-dealkylation sites (N-methyl/N-ethyl adjacent to an activating group) is 1. The van der Waals surface area contributed by atoms with Crippen molar-refractivity contribution in [3.8, 4) is 0 Å². The van der Waals surface area contributed by atoms with Gasteiger partial charge in [0.25, 0.3) is 0 Å².